The first kappa shape index (κ1) is 24.9. The van der Waals surface area contributed by atoms with Crippen molar-refractivity contribution >= 4 is 45.0 Å². The van der Waals surface area contributed by atoms with Gasteiger partial charge in [0, 0.05) is 12.1 Å². The van der Waals surface area contributed by atoms with Gasteiger partial charge < -0.3 is 14.4 Å². The number of hydrogen-bond acceptors (Lipinski definition) is 6. The van der Waals surface area contributed by atoms with Gasteiger partial charge in [-0.1, -0.05) is 17.4 Å². The van der Waals surface area contributed by atoms with E-state index >= 15 is 0 Å². The van der Waals surface area contributed by atoms with Crippen LogP contribution in [-0.2, 0) is 0 Å². The van der Waals surface area contributed by atoms with Crippen LogP contribution in [0.25, 0.3) is 10.2 Å². The van der Waals surface area contributed by atoms with Crippen LogP contribution in [-0.4, -0.2) is 56.2 Å². The van der Waals surface area contributed by atoms with E-state index in [1.54, 1.807) is 4.90 Å². The van der Waals surface area contributed by atoms with Crippen molar-refractivity contribution < 1.29 is 14.3 Å². The van der Waals surface area contributed by atoms with Gasteiger partial charge in [-0.25, -0.2) is 4.98 Å². The molecule has 0 bridgehead atoms. The molecule has 0 unspecified atom stereocenters. The topological polar surface area (TPSA) is 54.9 Å². The van der Waals surface area contributed by atoms with Crippen molar-refractivity contribution in [1.29, 1.82) is 0 Å². The molecule has 0 aliphatic heterocycles. The highest BCUT2D eigenvalue weighted by Crippen LogP contribution is 2.35. The highest BCUT2D eigenvalue weighted by molar-refractivity contribution is 7.22. The number of fused-ring (bicyclic) bond motifs is 1. The third-order valence-corrected chi connectivity index (χ3v) is 5.59. The maximum atomic E-state index is 13.4. The molecule has 6 nitrogen and oxygen atoms in total. The van der Waals surface area contributed by atoms with Gasteiger partial charge in [0.1, 0.15) is 17.0 Å². The molecular weight excluding hydrogens is 434 g/mol. The number of ether oxygens (including phenoxy) is 2. The fraction of sp³-hybridized carbons (Fsp3) is 0.391. The van der Waals surface area contributed by atoms with Gasteiger partial charge in [-0.05, 0) is 77.3 Å². The minimum absolute atomic E-state index is 0. The predicted molar refractivity (Wildman–Crippen MR) is 130 cm³/mol. The zero-order chi connectivity index (χ0) is 21.5. The van der Waals surface area contributed by atoms with Crippen LogP contribution in [0.2, 0.25) is 0 Å². The number of halogens is 1. The predicted octanol–water partition coefficient (Wildman–Crippen LogP) is 5.11. The molecule has 1 aromatic heterocycles. The molecule has 0 atom stereocenters. The summed E-state index contributed by atoms with van der Waals surface area (Å²) in [5, 5.41) is 0.690. The molecule has 2 aromatic carbocycles. The number of thiazole rings is 1. The molecule has 0 aliphatic rings. The standard InChI is InChI=1S/C23H29N3O3S.ClH/c1-5-28-18-13-11-17(12-14-18)22(27)26(16-8-15-25(3)4)23-24-21-19(29-6-2)9-7-10-20(21)30-23;/h7,9-14H,5-6,8,15-16H2,1-4H3;1H. The summed E-state index contributed by atoms with van der Waals surface area (Å²) in [7, 11) is 4.06. The van der Waals surface area contributed by atoms with Gasteiger partial charge in [0.05, 0.1) is 17.9 Å². The zero-order valence-electron chi connectivity index (χ0n) is 18.5. The average Bonchev–Trinajstić information content (AvgIpc) is 3.16. The van der Waals surface area contributed by atoms with E-state index < -0.39 is 0 Å². The van der Waals surface area contributed by atoms with Crippen LogP contribution >= 0.6 is 23.7 Å². The summed E-state index contributed by atoms with van der Waals surface area (Å²) in [6.45, 7) is 6.54. The number of hydrogen-bond donors (Lipinski definition) is 0. The van der Waals surface area contributed by atoms with E-state index in [2.05, 4.69) is 4.90 Å². The van der Waals surface area contributed by atoms with Crippen LogP contribution in [0.4, 0.5) is 5.13 Å². The van der Waals surface area contributed by atoms with Gasteiger partial charge in [-0.3, -0.25) is 9.69 Å². The van der Waals surface area contributed by atoms with Crippen molar-refractivity contribution in [3.8, 4) is 11.5 Å². The Bertz CT molecular complexity index is 976. The van der Waals surface area contributed by atoms with Gasteiger partial charge >= 0.3 is 0 Å². The second kappa shape index (κ2) is 11.9. The van der Waals surface area contributed by atoms with Crippen molar-refractivity contribution in [3.05, 3.63) is 48.0 Å². The number of carbonyl (C=O) groups is 1. The van der Waals surface area contributed by atoms with E-state index in [-0.39, 0.29) is 18.3 Å². The maximum Gasteiger partial charge on any atom is 0.260 e. The number of para-hydroxylation sites is 1. The molecule has 8 heteroatoms. The van der Waals surface area contributed by atoms with Crippen LogP contribution < -0.4 is 14.4 Å². The summed E-state index contributed by atoms with van der Waals surface area (Å²) in [4.78, 5) is 22.1. The van der Waals surface area contributed by atoms with Gasteiger partial charge in [0.2, 0.25) is 0 Å². The molecule has 0 saturated carbocycles. The molecule has 1 amide bonds. The number of carbonyl (C=O) groups excluding carboxylic acids is 1. The first-order valence-electron chi connectivity index (χ1n) is 10.2. The summed E-state index contributed by atoms with van der Waals surface area (Å²) in [5.74, 6) is 1.45. The first-order valence-corrected chi connectivity index (χ1v) is 11.1. The minimum Gasteiger partial charge on any atom is -0.494 e. The second-order valence-electron chi connectivity index (χ2n) is 7.10. The number of anilines is 1. The van der Waals surface area contributed by atoms with Crippen molar-refractivity contribution in [3.63, 3.8) is 0 Å². The van der Waals surface area contributed by atoms with Crippen LogP contribution in [0.3, 0.4) is 0 Å². The zero-order valence-corrected chi connectivity index (χ0v) is 20.1. The van der Waals surface area contributed by atoms with Crippen LogP contribution in [0, 0.1) is 0 Å². The third kappa shape index (κ3) is 6.32. The number of benzene rings is 2. The van der Waals surface area contributed by atoms with E-state index in [0.717, 1.165) is 34.7 Å². The van der Waals surface area contributed by atoms with Crippen LogP contribution in [0.15, 0.2) is 42.5 Å². The largest absolute Gasteiger partial charge is 0.494 e. The molecular formula is C23H30ClN3O3S. The molecule has 168 valence electrons. The van der Waals surface area contributed by atoms with Crippen molar-refractivity contribution in [2.45, 2.75) is 20.3 Å². The lowest BCUT2D eigenvalue weighted by Gasteiger charge is -2.21. The fourth-order valence-electron chi connectivity index (χ4n) is 3.14. The van der Waals surface area contributed by atoms with Crippen LogP contribution in [0.5, 0.6) is 11.5 Å². The molecule has 3 aromatic rings. The molecule has 0 aliphatic carbocycles. The Balaban J connectivity index is 0.00000341. The van der Waals surface area contributed by atoms with Crippen molar-refractivity contribution in [2.75, 3.05) is 45.3 Å². The summed E-state index contributed by atoms with van der Waals surface area (Å²) in [5.41, 5.74) is 1.42. The third-order valence-electron chi connectivity index (χ3n) is 4.55. The number of rotatable bonds is 10. The Morgan fingerprint density at radius 3 is 2.35 bits per heavy atom. The van der Waals surface area contributed by atoms with Crippen molar-refractivity contribution in [1.82, 2.24) is 9.88 Å². The van der Waals surface area contributed by atoms with E-state index in [9.17, 15) is 4.79 Å². The van der Waals surface area contributed by atoms with E-state index in [1.807, 2.05) is 70.4 Å². The highest BCUT2D eigenvalue weighted by atomic mass is 35.5. The maximum absolute atomic E-state index is 13.4. The Labute approximate surface area is 194 Å². The molecule has 0 fully saturated rings. The van der Waals surface area contributed by atoms with Gasteiger partial charge in [-0.2, -0.15) is 0 Å². The van der Waals surface area contributed by atoms with E-state index in [4.69, 9.17) is 14.5 Å². The van der Waals surface area contributed by atoms with E-state index in [1.165, 1.54) is 11.3 Å². The lowest BCUT2D eigenvalue weighted by molar-refractivity contribution is 0.0986. The first-order chi connectivity index (χ1) is 14.5. The van der Waals surface area contributed by atoms with Gasteiger partial charge in [-0.15, -0.1) is 12.4 Å². The number of aromatic nitrogens is 1. The summed E-state index contributed by atoms with van der Waals surface area (Å²) >= 11 is 1.51. The monoisotopic (exact) mass is 463 g/mol. The molecule has 1 heterocycles. The van der Waals surface area contributed by atoms with Gasteiger partial charge in [0.15, 0.2) is 5.13 Å². The summed E-state index contributed by atoms with van der Waals surface area (Å²) in [6, 6.07) is 13.2. The second-order valence-corrected chi connectivity index (χ2v) is 8.11. The molecule has 0 N–H and O–H groups in total. The summed E-state index contributed by atoms with van der Waals surface area (Å²) in [6.07, 6.45) is 0.851. The van der Waals surface area contributed by atoms with Crippen molar-refractivity contribution in [2.24, 2.45) is 0 Å². The molecule has 0 saturated heterocycles. The number of amides is 1. The Hall–Kier alpha value is -2.35. The average molecular weight is 464 g/mol. The fourth-order valence-corrected chi connectivity index (χ4v) is 4.15. The Morgan fingerprint density at radius 2 is 1.71 bits per heavy atom. The molecule has 0 radical (unpaired) electrons. The smallest absolute Gasteiger partial charge is 0.260 e. The normalized spacial score (nSPS) is 10.7. The Morgan fingerprint density at radius 1 is 1.00 bits per heavy atom. The van der Waals surface area contributed by atoms with E-state index in [0.29, 0.717) is 30.5 Å². The SMILES string of the molecule is CCOc1ccc(C(=O)N(CCCN(C)C)c2nc3c(OCC)cccc3s2)cc1.Cl. The lowest BCUT2D eigenvalue weighted by atomic mass is 10.2. The molecule has 31 heavy (non-hydrogen) atoms. The highest BCUT2D eigenvalue weighted by Gasteiger charge is 2.22. The van der Waals surface area contributed by atoms with Gasteiger partial charge in [0.25, 0.3) is 5.91 Å². The number of nitrogens with zero attached hydrogens (tertiary/aromatic N) is 3. The molecule has 0 spiro atoms. The minimum atomic E-state index is -0.0613. The summed E-state index contributed by atoms with van der Waals surface area (Å²) < 4.78 is 12.2. The molecule has 3 rings (SSSR count). The van der Waals surface area contributed by atoms with Crippen LogP contribution in [0.1, 0.15) is 30.6 Å². The quantitative estimate of drug-likeness (QED) is 0.418. The Kier molecular flexibility index (Phi) is 9.55. The lowest BCUT2D eigenvalue weighted by Crippen LogP contribution is -2.33.